The molecule has 4 nitrogen and oxygen atoms in total. The van der Waals surface area contributed by atoms with Crippen molar-refractivity contribution >= 4 is 5.52 Å². The summed E-state index contributed by atoms with van der Waals surface area (Å²) in [6, 6.07) is 5.01. The number of hydrogen-bond donors (Lipinski definition) is 0. The molecule has 0 saturated heterocycles. The van der Waals surface area contributed by atoms with Crippen LogP contribution in [0, 0.1) is 0 Å². The second-order valence-electron chi connectivity index (χ2n) is 2.12. The van der Waals surface area contributed by atoms with E-state index in [1.165, 1.54) is 12.4 Å². The van der Waals surface area contributed by atoms with E-state index in [1.807, 2.05) is 0 Å². The molecule has 0 aliphatic rings. The molecule has 2 heterocycles. The fourth-order valence-corrected chi connectivity index (χ4v) is 0.881. The lowest BCUT2D eigenvalue weighted by molar-refractivity contribution is 0.882. The van der Waals surface area contributed by atoms with Crippen molar-refractivity contribution in [1.29, 1.82) is 0 Å². The van der Waals surface area contributed by atoms with Gasteiger partial charge in [-0.3, -0.25) is 4.79 Å². The van der Waals surface area contributed by atoms with E-state index in [1.54, 1.807) is 22.8 Å². The monoisotopic (exact) mass is 147 g/mol. The van der Waals surface area contributed by atoms with Crippen LogP contribution in [0.1, 0.15) is 0 Å². The molecule has 11 heavy (non-hydrogen) atoms. The molecule has 0 bridgehead atoms. The van der Waals surface area contributed by atoms with Gasteiger partial charge in [0.1, 0.15) is 6.33 Å². The van der Waals surface area contributed by atoms with E-state index < -0.39 is 0 Å². The average molecular weight is 147 g/mol. The highest BCUT2D eigenvalue weighted by Crippen LogP contribution is 1.92. The number of rotatable bonds is 0. The normalized spacial score (nSPS) is 10.2. The van der Waals surface area contributed by atoms with Gasteiger partial charge in [0.15, 0.2) is 0 Å². The largest absolute Gasteiger partial charge is 0.273 e. The number of hydrogen-bond acceptors (Lipinski definition) is 3. The minimum absolute atomic E-state index is 0.238. The van der Waals surface area contributed by atoms with Crippen LogP contribution in [0.5, 0.6) is 0 Å². The van der Waals surface area contributed by atoms with E-state index in [4.69, 9.17) is 0 Å². The second-order valence-corrected chi connectivity index (χ2v) is 2.12. The van der Waals surface area contributed by atoms with Gasteiger partial charge in [0.2, 0.25) is 0 Å². The van der Waals surface area contributed by atoms with E-state index in [2.05, 4.69) is 10.1 Å². The summed E-state index contributed by atoms with van der Waals surface area (Å²) in [5, 5.41) is 3.94. The average Bonchev–Trinajstić information content (AvgIpc) is 2.04. The van der Waals surface area contributed by atoms with Gasteiger partial charge in [-0.1, -0.05) is 0 Å². The van der Waals surface area contributed by atoms with Gasteiger partial charge in [-0.15, -0.1) is 0 Å². The van der Waals surface area contributed by atoms with Crippen LogP contribution in [0.15, 0.2) is 35.5 Å². The highest BCUT2D eigenvalue weighted by atomic mass is 16.1. The predicted molar refractivity (Wildman–Crippen MR) is 39.3 cm³/mol. The lowest BCUT2D eigenvalue weighted by Gasteiger charge is -1.94. The van der Waals surface area contributed by atoms with Gasteiger partial charge in [-0.05, 0) is 12.1 Å². The van der Waals surface area contributed by atoms with Crippen LogP contribution in [-0.4, -0.2) is 14.6 Å². The zero-order valence-corrected chi connectivity index (χ0v) is 5.64. The molecule has 0 saturated carbocycles. The Kier molecular flexibility index (Phi) is 1.18. The van der Waals surface area contributed by atoms with Gasteiger partial charge in [0.05, 0.1) is 5.52 Å². The summed E-state index contributed by atoms with van der Waals surface area (Å²) in [6.45, 7) is 0. The molecule has 4 heteroatoms. The third kappa shape index (κ3) is 0.980. The highest BCUT2D eigenvalue weighted by molar-refractivity contribution is 5.42. The first-order chi connectivity index (χ1) is 5.36. The summed E-state index contributed by atoms with van der Waals surface area (Å²) in [7, 11) is 0. The molecule has 54 valence electrons. The van der Waals surface area contributed by atoms with Crippen molar-refractivity contribution in [2.24, 2.45) is 0 Å². The Hall–Kier alpha value is -1.71. The van der Waals surface area contributed by atoms with E-state index in [-0.39, 0.29) is 5.56 Å². The SMILES string of the molecule is O=c1cc2cccnn2cn1. The minimum atomic E-state index is -0.238. The molecule has 0 unspecified atom stereocenters. The molecule has 0 spiro atoms. The van der Waals surface area contributed by atoms with Crippen LogP contribution >= 0.6 is 0 Å². The van der Waals surface area contributed by atoms with Crippen molar-refractivity contribution < 1.29 is 0 Å². The van der Waals surface area contributed by atoms with Crippen molar-refractivity contribution in [3.8, 4) is 0 Å². The van der Waals surface area contributed by atoms with Gasteiger partial charge in [0, 0.05) is 12.3 Å². The second kappa shape index (κ2) is 2.16. The molecule has 0 atom stereocenters. The molecule has 0 aliphatic carbocycles. The van der Waals surface area contributed by atoms with Crippen molar-refractivity contribution in [1.82, 2.24) is 14.6 Å². The Morgan fingerprint density at radius 1 is 1.45 bits per heavy atom. The summed E-state index contributed by atoms with van der Waals surface area (Å²) in [5.41, 5.74) is 0.519. The Morgan fingerprint density at radius 2 is 2.36 bits per heavy atom. The fraction of sp³-hybridized carbons (Fsp3) is 0. The highest BCUT2D eigenvalue weighted by Gasteiger charge is 1.89. The maximum absolute atomic E-state index is 10.7. The van der Waals surface area contributed by atoms with Crippen LogP contribution in [0.4, 0.5) is 0 Å². The van der Waals surface area contributed by atoms with E-state index in [0.717, 1.165) is 5.52 Å². The Balaban J connectivity index is 2.94. The summed E-state index contributed by atoms with van der Waals surface area (Å²) in [4.78, 5) is 14.3. The van der Waals surface area contributed by atoms with Crippen LogP contribution < -0.4 is 5.56 Å². The first kappa shape index (κ1) is 6.03. The number of nitrogens with zero attached hydrogens (tertiary/aromatic N) is 3. The molecule has 0 fully saturated rings. The minimum Gasteiger partial charge on any atom is -0.267 e. The first-order valence-electron chi connectivity index (χ1n) is 3.16. The lowest BCUT2D eigenvalue weighted by atomic mass is 10.4. The van der Waals surface area contributed by atoms with Gasteiger partial charge < -0.3 is 0 Å². The van der Waals surface area contributed by atoms with Crippen molar-refractivity contribution in [3.63, 3.8) is 0 Å². The first-order valence-corrected chi connectivity index (χ1v) is 3.16. The molecule has 0 aromatic carbocycles. The molecule has 2 aromatic rings. The maximum Gasteiger partial charge on any atom is 0.273 e. The molecular formula is C7H5N3O. The topological polar surface area (TPSA) is 47.3 Å². The summed E-state index contributed by atoms with van der Waals surface area (Å²) < 4.78 is 1.54. The van der Waals surface area contributed by atoms with Crippen molar-refractivity contribution in [2.45, 2.75) is 0 Å². The molecule has 2 aromatic heterocycles. The molecule has 0 amide bonds. The number of fused-ring (bicyclic) bond motifs is 1. The van der Waals surface area contributed by atoms with Gasteiger partial charge in [-0.2, -0.15) is 10.1 Å². The third-order valence-electron chi connectivity index (χ3n) is 1.37. The molecule has 0 radical (unpaired) electrons. The van der Waals surface area contributed by atoms with Crippen molar-refractivity contribution in [2.75, 3.05) is 0 Å². The fourth-order valence-electron chi connectivity index (χ4n) is 0.881. The predicted octanol–water partition coefficient (Wildman–Crippen LogP) is 0.0895. The Bertz CT molecular complexity index is 435. The van der Waals surface area contributed by atoms with E-state index in [9.17, 15) is 4.79 Å². The lowest BCUT2D eigenvalue weighted by Crippen LogP contribution is -2.07. The standard InChI is InChI=1S/C7H5N3O/c11-7-4-6-2-1-3-9-10(6)5-8-7/h1-5H. The van der Waals surface area contributed by atoms with Crippen LogP contribution in [0.2, 0.25) is 0 Å². The number of aromatic nitrogens is 3. The Morgan fingerprint density at radius 3 is 3.27 bits per heavy atom. The Labute approximate surface area is 62.1 Å². The smallest absolute Gasteiger partial charge is 0.267 e. The molecule has 0 N–H and O–H groups in total. The maximum atomic E-state index is 10.7. The molecule has 2 rings (SSSR count). The van der Waals surface area contributed by atoms with Crippen LogP contribution in [-0.2, 0) is 0 Å². The van der Waals surface area contributed by atoms with Crippen molar-refractivity contribution in [3.05, 3.63) is 41.1 Å². The molecule has 0 aliphatic heterocycles. The van der Waals surface area contributed by atoms with Crippen LogP contribution in [0.3, 0.4) is 0 Å². The summed E-state index contributed by atoms with van der Waals surface area (Å²) in [5.74, 6) is 0. The van der Waals surface area contributed by atoms with E-state index >= 15 is 0 Å². The van der Waals surface area contributed by atoms with Gasteiger partial charge in [-0.25, -0.2) is 4.52 Å². The summed E-state index contributed by atoms with van der Waals surface area (Å²) in [6.07, 6.45) is 3.04. The zero-order valence-electron chi connectivity index (χ0n) is 5.64. The third-order valence-corrected chi connectivity index (χ3v) is 1.37. The summed E-state index contributed by atoms with van der Waals surface area (Å²) >= 11 is 0. The molecular weight excluding hydrogens is 142 g/mol. The van der Waals surface area contributed by atoms with Gasteiger partial charge in [0.25, 0.3) is 5.56 Å². The van der Waals surface area contributed by atoms with E-state index in [0.29, 0.717) is 0 Å². The zero-order chi connectivity index (χ0) is 7.68. The quantitative estimate of drug-likeness (QED) is 0.530. The van der Waals surface area contributed by atoms with Gasteiger partial charge >= 0.3 is 0 Å². The van der Waals surface area contributed by atoms with Crippen LogP contribution in [0.25, 0.3) is 5.52 Å².